The van der Waals surface area contributed by atoms with Gasteiger partial charge in [-0.2, -0.15) is 0 Å². The number of hydrogen-bond donors (Lipinski definition) is 1. The highest BCUT2D eigenvalue weighted by Gasteiger charge is 2.69. The fourth-order valence-corrected chi connectivity index (χ4v) is 9.61. The van der Waals surface area contributed by atoms with E-state index in [2.05, 4.69) is 0 Å². The van der Waals surface area contributed by atoms with E-state index in [9.17, 15) is 45.1 Å². The minimum Gasteiger partial charge on any atom is -0.481 e. The van der Waals surface area contributed by atoms with Crippen LogP contribution < -0.4 is 0 Å². The number of carboxylic acids is 1. The van der Waals surface area contributed by atoms with Gasteiger partial charge in [-0.15, -0.1) is 0 Å². The Morgan fingerprint density at radius 3 is 2.05 bits per heavy atom. The highest BCUT2D eigenvalue weighted by atomic mass is 32.3. The maximum absolute atomic E-state index is 14.1. The number of ether oxygens (including phenoxy) is 2. The summed E-state index contributed by atoms with van der Waals surface area (Å²) in [6, 6.07) is -0.176. The van der Waals surface area contributed by atoms with Crippen LogP contribution in [0.4, 0.5) is 13.6 Å². The number of carbonyl (C=O) groups excluding carboxylic acids is 2. The van der Waals surface area contributed by atoms with Gasteiger partial charge >= 0.3 is 16.5 Å². The van der Waals surface area contributed by atoms with Crippen LogP contribution in [0.5, 0.6) is 0 Å². The van der Waals surface area contributed by atoms with Crippen LogP contribution >= 0.6 is 0 Å². The van der Waals surface area contributed by atoms with Crippen LogP contribution in [0.3, 0.4) is 0 Å². The summed E-state index contributed by atoms with van der Waals surface area (Å²) in [6.45, 7) is 5.54. The summed E-state index contributed by atoms with van der Waals surface area (Å²) in [6.07, 6.45) is -2.26. The minimum absolute atomic E-state index is 0.0472. The largest absolute Gasteiger partial charge is 0.481 e. The average molecular weight is 625 g/mol. The average Bonchev–Trinajstić information content (AvgIpc) is 3.30. The molecule has 230 valence electrons. The lowest BCUT2D eigenvalue weighted by Gasteiger charge is -2.35. The van der Waals surface area contributed by atoms with E-state index in [1.807, 2.05) is 0 Å². The minimum atomic E-state index is -4.80. The van der Waals surface area contributed by atoms with Crippen LogP contribution in [0.2, 0.25) is 0 Å². The second-order valence-electron chi connectivity index (χ2n) is 11.5. The van der Waals surface area contributed by atoms with Crippen molar-refractivity contribution in [2.75, 3.05) is 19.1 Å². The number of carbonyl (C=O) groups is 3. The second-order valence-corrected chi connectivity index (χ2v) is 15.9. The molecule has 0 radical (unpaired) electrons. The van der Waals surface area contributed by atoms with Crippen LogP contribution in [-0.2, 0) is 45.2 Å². The van der Waals surface area contributed by atoms with Gasteiger partial charge in [0, 0.05) is 38.5 Å². The van der Waals surface area contributed by atoms with Crippen molar-refractivity contribution < 1.29 is 54.6 Å². The van der Waals surface area contributed by atoms with E-state index in [0.717, 1.165) is 24.0 Å². The van der Waals surface area contributed by atoms with E-state index in [1.54, 1.807) is 20.8 Å². The Morgan fingerprint density at radius 1 is 1.07 bits per heavy atom. The van der Waals surface area contributed by atoms with Gasteiger partial charge in [-0.05, 0) is 57.2 Å². The zero-order chi connectivity index (χ0) is 31.3. The Labute approximate surface area is 237 Å². The number of aliphatic carboxylic acids is 1. The molecule has 41 heavy (non-hydrogen) atoms. The molecule has 1 aromatic carbocycles. The van der Waals surface area contributed by atoms with Crippen molar-refractivity contribution in [2.45, 2.75) is 75.1 Å². The van der Waals surface area contributed by atoms with Crippen LogP contribution in [0.15, 0.2) is 18.2 Å². The van der Waals surface area contributed by atoms with Crippen molar-refractivity contribution in [3.63, 3.8) is 0 Å². The number of nitrogens with zero attached hydrogens (tertiary/aromatic N) is 2. The fraction of sp³-hybridized carbons (Fsp3) is 0.640. The van der Waals surface area contributed by atoms with Crippen LogP contribution in [0.1, 0.15) is 46.1 Å². The number of benzene rings is 1. The quantitative estimate of drug-likeness (QED) is 0.474. The summed E-state index contributed by atoms with van der Waals surface area (Å²) in [7, 11) is -9.60. The van der Waals surface area contributed by atoms with Gasteiger partial charge < -0.3 is 19.5 Å². The lowest BCUT2D eigenvalue weighted by molar-refractivity contribution is -0.138. The summed E-state index contributed by atoms with van der Waals surface area (Å²) < 4.78 is 89.1. The van der Waals surface area contributed by atoms with E-state index in [1.165, 1.54) is 0 Å². The third-order valence-electron chi connectivity index (χ3n) is 6.84. The first-order valence-electron chi connectivity index (χ1n) is 12.6. The predicted molar refractivity (Wildman–Crippen MR) is 141 cm³/mol. The molecule has 2 heterocycles. The standard InChI is InChI=1S/C25H34F2N2O10S2/c1-14(30)29-20(9-15-7-17(26)12-18(27)8-15)22(38-25(29,40(5,34)35)41(6,36)37)19-10-16(11-21(31)32)13-28(19)23(33)39-24(2,3)4/h7-8,12,16,19-20,22H,9-11,13H2,1-6H3,(H,31,32). The van der Waals surface area contributed by atoms with Gasteiger partial charge in [-0.25, -0.2) is 30.4 Å². The molecule has 3 rings (SSSR count). The number of hydrogen-bond acceptors (Lipinski definition) is 9. The van der Waals surface area contributed by atoms with Gasteiger partial charge in [0.15, 0.2) is 0 Å². The van der Waals surface area contributed by atoms with Crippen LogP contribution in [0, 0.1) is 17.6 Å². The summed E-state index contributed by atoms with van der Waals surface area (Å²) >= 11 is 0. The van der Waals surface area contributed by atoms with E-state index in [0.29, 0.717) is 23.5 Å². The number of sulfone groups is 2. The van der Waals surface area contributed by atoms with Crippen molar-refractivity contribution in [3.8, 4) is 0 Å². The summed E-state index contributed by atoms with van der Waals surface area (Å²) in [5.41, 5.74) is -1.04. The molecule has 16 heteroatoms. The molecule has 2 amide bonds. The molecule has 12 nitrogen and oxygen atoms in total. The molecule has 0 bridgehead atoms. The number of amides is 2. The molecule has 2 saturated heterocycles. The first-order valence-corrected chi connectivity index (χ1v) is 16.4. The molecule has 0 aromatic heterocycles. The number of rotatable bonds is 7. The van der Waals surface area contributed by atoms with Crippen LogP contribution in [0.25, 0.3) is 0 Å². The number of likely N-dealkylation sites (tertiary alicyclic amines) is 1. The van der Waals surface area contributed by atoms with Gasteiger partial charge in [-0.1, -0.05) is 0 Å². The third kappa shape index (κ3) is 6.64. The van der Waals surface area contributed by atoms with Gasteiger partial charge in [0.25, 0.3) is 0 Å². The molecular formula is C25H34F2N2O10S2. The zero-order valence-electron chi connectivity index (χ0n) is 23.5. The van der Waals surface area contributed by atoms with Crippen molar-refractivity contribution in [3.05, 3.63) is 35.4 Å². The van der Waals surface area contributed by atoms with Crippen molar-refractivity contribution in [2.24, 2.45) is 5.92 Å². The van der Waals surface area contributed by atoms with Gasteiger partial charge in [-0.3, -0.25) is 14.5 Å². The fourth-order valence-electron chi connectivity index (χ4n) is 5.60. The lowest BCUT2D eigenvalue weighted by atomic mass is 9.92. The molecule has 4 atom stereocenters. The first kappa shape index (κ1) is 32.7. The molecule has 2 aliphatic heterocycles. The third-order valence-corrected chi connectivity index (χ3v) is 11.1. The van der Waals surface area contributed by atoms with Crippen molar-refractivity contribution in [1.29, 1.82) is 0 Å². The Kier molecular flexibility index (Phi) is 8.84. The number of halogens is 2. The Balaban J connectivity index is 2.26. The SMILES string of the molecule is CC(=O)N1C(Cc2cc(F)cc(F)c2)C(C2CC(CC(=O)O)CN2C(=O)OC(C)(C)C)OC1(S(C)(=O)=O)S(C)(=O)=O. The second kappa shape index (κ2) is 11.1. The maximum Gasteiger partial charge on any atom is 0.410 e. The van der Waals surface area contributed by atoms with Crippen molar-refractivity contribution in [1.82, 2.24) is 9.80 Å². The first-order chi connectivity index (χ1) is 18.6. The van der Waals surface area contributed by atoms with Gasteiger partial charge in [0.1, 0.15) is 23.3 Å². The van der Waals surface area contributed by atoms with E-state index >= 15 is 0 Å². The van der Waals surface area contributed by atoms with Crippen LogP contribution in [-0.4, -0.2) is 96.9 Å². The van der Waals surface area contributed by atoms with Gasteiger partial charge in [0.05, 0.1) is 12.1 Å². The highest BCUT2D eigenvalue weighted by molar-refractivity contribution is 8.09. The predicted octanol–water partition coefficient (Wildman–Crippen LogP) is 1.92. The highest BCUT2D eigenvalue weighted by Crippen LogP contribution is 2.46. The van der Waals surface area contributed by atoms with E-state index in [-0.39, 0.29) is 24.9 Å². The molecular weight excluding hydrogens is 590 g/mol. The Morgan fingerprint density at radius 2 is 1.61 bits per heavy atom. The van der Waals surface area contributed by atoms with E-state index in [4.69, 9.17) is 9.47 Å². The molecule has 2 fully saturated rings. The number of carboxylic acid groups (broad SMARTS) is 1. The molecule has 1 aromatic rings. The smallest absolute Gasteiger partial charge is 0.410 e. The van der Waals surface area contributed by atoms with E-state index < -0.39 is 89.8 Å². The molecule has 2 aliphatic rings. The maximum atomic E-state index is 14.1. The van der Waals surface area contributed by atoms with Crippen molar-refractivity contribution >= 4 is 37.6 Å². The topological polar surface area (TPSA) is 165 Å². The molecule has 1 N–H and O–H groups in total. The van der Waals surface area contributed by atoms with Gasteiger partial charge in [0.2, 0.25) is 25.6 Å². The monoisotopic (exact) mass is 624 g/mol. The summed E-state index contributed by atoms with van der Waals surface area (Å²) in [5, 5.41) is 9.40. The molecule has 0 spiro atoms. The normalized spacial score (nSPS) is 24.9. The molecule has 0 saturated carbocycles. The Hall–Kier alpha value is -2.85. The summed E-state index contributed by atoms with van der Waals surface area (Å²) in [5.74, 6) is -4.82. The molecule has 0 aliphatic carbocycles. The summed E-state index contributed by atoms with van der Waals surface area (Å²) in [4.78, 5) is 39.5. The lowest BCUT2D eigenvalue weighted by Crippen LogP contribution is -2.60. The zero-order valence-corrected chi connectivity index (χ0v) is 25.1. The Bertz CT molecular complexity index is 1390. The molecule has 4 unspecified atom stereocenters.